The number of aliphatic hydroxyl groups is 1. The summed E-state index contributed by atoms with van der Waals surface area (Å²) in [4.78, 5) is 27.4. The Morgan fingerprint density at radius 3 is 2.19 bits per heavy atom. The summed E-state index contributed by atoms with van der Waals surface area (Å²) in [6.07, 6.45) is -4.92. The number of amides is 1. The number of Topliss-reactive ketones (excluding diaryl/α,β-unsaturated/α-hetero) is 1. The Morgan fingerprint density at radius 1 is 1.00 bits per heavy atom. The molecule has 1 saturated heterocycles. The van der Waals surface area contributed by atoms with Crippen LogP contribution >= 0.6 is 23.2 Å². The molecule has 1 aliphatic heterocycles. The van der Waals surface area contributed by atoms with Crippen molar-refractivity contribution in [3.8, 4) is 17.2 Å². The number of aromatic hydroxyl groups is 1. The molecule has 1 atom stereocenters. The van der Waals surface area contributed by atoms with Crippen LogP contribution < -0.4 is 14.4 Å². The van der Waals surface area contributed by atoms with Crippen molar-refractivity contribution in [3.05, 3.63) is 87.4 Å². The van der Waals surface area contributed by atoms with Crippen molar-refractivity contribution in [2.45, 2.75) is 12.4 Å². The first-order valence-corrected chi connectivity index (χ1v) is 11.2. The van der Waals surface area contributed by atoms with Gasteiger partial charge in [-0.3, -0.25) is 14.5 Å². The third-order valence-electron chi connectivity index (χ3n) is 5.47. The summed E-state index contributed by atoms with van der Waals surface area (Å²) in [5, 5.41) is 21.2. The number of ether oxygens (including phenoxy) is 2. The molecule has 1 fully saturated rings. The molecular weight excluding hydrogens is 538 g/mol. The summed E-state index contributed by atoms with van der Waals surface area (Å²) in [6.45, 7) is 0. The van der Waals surface area contributed by atoms with Crippen LogP contribution in [0.5, 0.6) is 17.2 Å². The molecule has 0 aliphatic carbocycles. The van der Waals surface area contributed by atoms with Crippen LogP contribution in [0, 0.1) is 0 Å². The Balaban J connectivity index is 1.92. The zero-order chi connectivity index (χ0) is 27.1. The zero-order valence-electron chi connectivity index (χ0n) is 18.7. The lowest BCUT2D eigenvalue weighted by Crippen LogP contribution is -2.29. The summed E-state index contributed by atoms with van der Waals surface area (Å²) in [7, 11) is 1.28. The molecule has 0 radical (unpaired) electrons. The summed E-state index contributed by atoms with van der Waals surface area (Å²) in [5.74, 6) is -3.42. The van der Waals surface area contributed by atoms with E-state index in [1.807, 2.05) is 0 Å². The Morgan fingerprint density at radius 2 is 1.62 bits per heavy atom. The highest BCUT2D eigenvalue weighted by atomic mass is 35.5. The molecule has 7 nitrogen and oxygen atoms in total. The molecule has 0 saturated carbocycles. The minimum absolute atomic E-state index is 0.00660. The first-order valence-electron chi connectivity index (χ1n) is 10.4. The lowest BCUT2D eigenvalue weighted by atomic mass is 9.94. The number of benzene rings is 3. The van der Waals surface area contributed by atoms with Gasteiger partial charge in [0.15, 0.2) is 0 Å². The normalized spacial score (nSPS) is 17.2. The van der Waals surface area contributed by atoms with Gasteiger partial charge in [-0.25, -0.2) is 0 Å². The van der Waals surface area contributed by atoms with Gasteiger partial charge in [-0.1, -0.05) is 35.3 Å². The Kier molecular flexibility index (Phi) is 6.98. The molecule has 3 aromatic carbocycles. The fourth-order valence-electron chi connectivity index (χ4n) is 3.97. The number of phenols is 1. The van der Waals surface area contributed by atoms with E-state index < -0.39 is 35.6 Å². The third kappa shape index (κ3) is 5.16. The number of phenolic OH excluding ortho intramolecular Hbond substituents is 1. The molecule has 12 heteroatoms. The Bertz CT molecular complexity index is 1410. The second-order valence-corrected chi connectivity index (χ2v) is 8.61. The van der Waals surface area contributed by atoms with Gasteiger partial charge < -0.3 is 19.7 Å². The summed E-state index contributed by atoms with van der Waals surface area (Å²) in [5.41, 5.74) is -0.0651. The predicted octanol–water partition coefficient (Wildman–Crippen LogP) is 6.23. The van der Waals surface area contributed by atoms with Crippen molar-refractivity contribution in [2.24, 2.45) is 0 Å². The van der Waals surface area contributed by atoms with Gasteiger partial charge in [0, 0.05) is 10.7 Å². The standard InChI is InChI=1S/C25H16Cl2F3NO6/c1-36-23-17(10-13(26)11-18(23)27)21(33)19-20(12-2-6-15(32)7-3-12)31(24(35)22(19)34)14-4-8-16(9-5-14)37-25(28,29)30/h2-11,20,32-33H,1H3/b21-19+. The van der Waals surface area contributed by atoms with E-state index in [2.05, 4.69) is 4.74 Å². The number of carbonyl (C=O) groups is 2. The zero-order valence-corrected chi connectivity index (χ0v) is 20.2. The molecule has 4 rings (SSSR count). The Hall–Kier alpha value is -3.89. The van der Waals surface area contributed by atoms with Crippen molar-refractivity contribution in [1.82, 2.24) is 0 Å². The molecule has 192 valence electrons. The van der Waals surface area contributed by atoms with Crippen LogP contribution in [0.3, 0.4) is 0 Å². The average molecular weight is 554 g/mol. The summed E-state index contributed by atoms with van der Waals surface area (Å²) in [6, 6.07) is 11.2. The molecule has 0 bridgehead atoms. The number of rotatable bonds is 5. The number of hydrogen-bond acceptors (Lipinski definition) is 6. The minimum atomic E-state index is -4.92. The smallest absolute Gasteiger partial charge is 0.508 e. The maximum atomic E-state index is 13.2. The quantitative estimate of drug-likeness (QED) is 0.221. The molecule has 0 spiro atoms. The molecule has 37 heavy (non-hydrogen) atoms. The van der Waals surface area contributed by atoms with Gasteiger partial charge in [0.25, 0.3) is 11.7 Å². The number of anilines is 1. The van der Waals surface area contributed by atoms with E-state index in [0.29, 0.717) is 5.56 Å². The van der Waals surface area contributed by atoms with Crippen molar-refractivity contribution >= 4 is 46.3 Å². The fraction of sp³-hybridized carbons (Fsp3) is 0.120. The van der Waals surface area contributed by atoms with Crippen LogP contribution in [0.25, 0.3) is 5.76 Å². The number of hydrogen-bond donors (Lipinski definition) is 2. The van der Waals surface area contributed by atoms with E-state index in [9.17, 15) is 33.0 Å². The molecule has 1 aliphatic rings. The van der Waals surface area contributed by atoms with E-state index in [1.54, 1.807) is 0 Å². The first kappa shape index (κ1) is 26.2. The van der Waals surface area contributed by atoms with Crippen LogP contribution in [0.1, 0.15) is 17.2 Å². The van der Waals surface area contributed by atoms with Gasteiger partial charge in [0.05, 0.1) is 29.3 Å². The number of nitrogens with zero attached hydrogens (tertiary/aromatic N) is 1. The van der Waals surface area contributed by atoms with E-state index >= 15 is 0 Å². The maximum absolute atomic E-state index is 13.2. The van der Waals surface area contributed by atoms with Crippen molar-refractivity contribution in [2.75, 3.05) is 12.0 Å². The van der Waals surface area contributed by atoms with Crippen LogP contribution in [0.2, 0.25) is 10.0 Å². The highest BCUT2D eigenvalue weighted by molar-refractivity contribution is 6.52. The average Bonchev–Trinajstić information content (AvgIpc) is 3.08. The van der Waals surface area contributed by atoms with Crippen molar-refractivity contribution in [1.29, 1.82) is 0 Å². The van der Waals surface area contributed by atoms with Gasteiger partial charge in [0.2, 0.25) is 0 Å². The van der Waals surface area contributed by atoms with Gasteiger partial charge in [-0.05, 0) is 54.1 Å². The molecular formula is C25H16Cl2F3NO6. The summed E-state index contributed by atoms with van der Waals surface area (Å²) < 4.78 is 46.9. The Labute approximate surface area is 217 Å². The third-order valence-corrected chi connectivity index (χ3v) is 5.97. The lowest BCUT2D eigenvalue weighted by Gasteiger charge is -2.26. The number of carbonyl (C=O) groups excluding carboxylic acids is 2. The number of aliphatic hydroxyl groups excluding tert-OH is 1. The largest absolute Gasteiger partial charge is 0.573 e. The second kappa shape index (κ2) is 9.87. The van der Waals surface area contributed by atoms with Gasteiger partial charge >= 0.3 is 6.36 Å². The predicted molar refractivity (Wildman–Crippen MR) is 129 cm³/mol. The van der Waals surface area contributed by atoms with E-state index in [-0.39, 0.29) is 38.4 Å². The monoisotopic (exact) mass is 553 g/mol. The number of ketones is 1. The molecule has 1 heterocycles. The topological polar surface area (TPSA) is 96.3 Å². The van der Waals surface area contributed by atoms with Gasteiger partial charge in [0.1, 0.15) is 23.0 Å². The van der Waals surface area contributed by atoms with E-state index in [4.69, 9.17) is 27.9 Å². The second-order valence-electron chi connectivity index (χ2n) is 7.77. The van der Waals surface area contributed by atoms with E-state index in [1.165, 1.54) is 43.5 Å². The van der Waals surface area contributed by atoms with Gasteiger partial charge in [-0.2, -0.15) is 0 Å². The molecule has 1 unspecified atom stereocenters. The maximum Gasteiger partial charge on any atom is 0.573 e. The van der Waals surface area contributed by atoms with Crippen molar-refractivity contribution < 1.29 is 42.4 Å². The molecule has 1 amide bonds. The van der Waals surface area contributed by atoms with Gasteiger partial charge in [-0.15, -0.1) is 13.2 Å². The fourth-order valence-corrected chi connectivity index (χ4v) is 4.54. The van der Waals surface area contributed by atoms with Crippen molar-refractivity contribution in [3.63, 3.8) is 0 Å². The molecule has 0 aromatic heterocycles. The highest BCUT2D eigenvalue weighted by Gasteiger charge is 2.47. The number of methoxy groups -OCH3 is 1. The van der Waals surface area contributed by atoms with E-state index in [0.717, 1.165) is 29.2 Å². The molecule has 3 aromatic rings. The number of alkyl halides is 3. The van der Waals surface area contributed by atoms with Crippen LogP contribution in [-0.4, -0.2) is 35.4 Å². The van der Waals surface area contributed by atoms with Crippen LogP contribution in [-0.2, 0) is 9.59 Å². The first-order chi connectivity index (χ1) is 17.4. The highest BCUT2D eigenvalue weighted by Crippen LogP contribution is 2.45. The minimum Gasteiger partial charge on any atom is -0.508 e. The summed E-state index contributed by atoms with van der Waals surface area (Å²) >= 11 is 12.3. The lowest BCUT2D eigenvalue weighted by molar-refractivity contribution is -0.274. The van der Waals surface area contributed by atoms with Crippen LogP contribution in [0.15, 0.2) is 66.2 Å². The van der Waals surface area contributed by atoms with Crippen LogP contribution in [0.4, 0.5) is 18.9 Å². The molecule has 2 N–H and O–H groups in total. The SMILES string of the molecule is COc1c(Cl)cc(Cl)cc1/C(O)=C1\C(=O)C(=O)N(c2ccc(OC(F)(F)F)cc2)C1c1ccc(O)cc1. The number of halogens is 5.